The molecule has 2 aromatic heterocycles. The number of methoxy groups -OCH3 is 1. The number of aromatic nitrogens is 3. The second-order valence-corrected chi connectivity index (χ2v) is 5.14. The van der Waals surface area contributed by atoms with Crippen LogP contribution in [-0.4, -0.2) is 28.3 Å². The molecule has 0 unspecified atom stereocenters. The molecular weight excluding hydrogens is 312 g/mol. The minimum Gasteiger partial charge on any atom is -0.496 e. The molecular formula is C16H16N4O4. The molecule has 0 fully saturated rings. The van der Waals surface area contributed by atoms with Crippen LogP contribution in [0.4, 0.5) is 0 Å². The molecule has 3 rings (SSSR count). The van der Waals surface area contributed by atoms with Crippen LogP contribution in [0, 0.1) is 13.8 Å². The van der Waals surface area contributed by atoms with Gasteiger partial charge in [0, 0.05) is 18.6 Å². The van der Waals surface area contributed by atoms with Crippen molar-refractivity contribution in [3.05, 3.63) is 59.1 Å². The number of nitrogens with one attached hydrogen (secondary N) is 1. The molecule has 0 bridgehead atoms. The van der Waals surface area contributed by atoms with Gasteiger partial charge in [-0.25, -0.2) is 0 Å². The smallest absolute Gasteiger partial charge is 0.274 e. The standard InChI is InChI=1S/C16H16N4O4/c1-9-8-12(19-23-9)16(21)18-14(15-17-10(2)24-20-15)11-6-4-5-7-13(11)22-3/h4-8,14H,1-3H3,(H,18,21)/t14-/m1/s1. The van der Waals surface area contributed by atoms with Gasteiger partial charge in [0.15, 0.2) is 11.5 Å². The molecule has 24 heavy (non-hydrogen) atoms. The Morgan fingerprint density at radius 3 is 2.62 bits per heavy atom. The van der Waals surface area contributed by atoms with Gasteiger partial charge >= 0.3 is 0 Å². The van der Waals surface area contributed by atoms with Crippen molar-refractivity contribution in [2.75, 3.05) is 7.11 Å². The summed E-state index contributed by atoms with van der Waals surface area (Å²) < 4.78 is 15.4. The number of amides is 1. The zero-order valence-corrected chi connectivity index (χ0v) is 13.4. The monoisotopic (exact) mass is 328 g/mol. The Kier molecular flexibility index (Phi) is 4.28. The molecule has 1 atom stereocenters. The molecule has 124 valence electrons. The second-order valence-electron chi connectivity index (χ2n) is 5.14. The number of hydrogen-bond donors (Lipinski definition) is 1. The van der Waals surface area contributed by atoms with E-state index in [0.717, 1.165) is 0 Å². The largest absolute Gasteiger partial charge is 0.496 e. The molecule has 1 amide bonds. The van der Waals surface area contributed by atoms with E-state index < -0.39 is 11.9 Å². The lowest BCUT2D eigenvalue weighted by molar-refractivity contribution is 0.0931. The van der Waals surface area contributed by atoms with Crippen LogP contribution in [0.25, 0.3) is 0 Å². The van der Waals surface area contributed by atoms with Crippen LogP contribution in [0.3, 0.4) is 0 Å². The fourth-order valence-corrected chi connectivity index (χ4v) is 2.30. The lowest BCUT2D eigenvalue weighted by Crippen LogP contribution is -2.30. The third-order valence-electron chi connectivity index (χ3n) is 3.39. The van der Waals surface area contributed by atoms with Crippen molar-refractivity contribution in [1.29, 1.82) is 0 Å². The van der Waals surface area contributed by atoms with Crippen molar-refractivity contribution in [3.63, 3.8) is 0 Å². The lowest BCUT2D eigenvalue weighted by atomic mass is 10.0. The second kappa shape index (κ2) is 6.53. The average Bonchev–Trinajstić information content (AvgIpc) is 3.21. The van der Waals surface area contributed by atoms with Gasteiger partial charge in [-0.3, -0.25) is 4.79 Å². The Labute approximate surface area is 137 Å². The fourth-order valence-electron chi connectivity index (χ4n) is 2.30. The number of rotatable bonds is 5. The summed E-state index contributed by atoms with van der Waals surface area (Å²) in [6.07, 6.45) is 0. The maximum atomic E-state index is 12.5. The first-order valence-corrected chi connectivity index (χ1v) is 7.26. The molecule has 1 N–H and O–H groups in total. The molecule has 0 aliphatic heterocycles. The number of hydrogen-bond acceptors (Lipinski definition) is 7. The predicted molar refractivity (Wildman–Crippen MR) is 82.6 cm³/mol. The van der Waals surface area contributed by atoms with E-state index in [1.54, 1.807) is 33.1 Å². The van der Waals surface area contributed by atoms with Crippen LogP contribution in [0.15, 0.2) is 39.4 Å². The highest BCUT2D eigenvalue weighted by atomic mass is 16.5. The van der Waals surface area contributed by atoms with E-state index in [1.807, 2.05) is 18.2 Å². The summed E-state index contributed by atoms with van der Waals surface area (Å²) in [7, 11) is 1.56. The summed E-state index contributed by atoms with van der Waals surface area (Å²) >= 11 is 0. The quantitative estimate of drug-likeness (QED) is 0.765. The van der Waals surface area contributed by atoms with Gasteiger partial charge in [0.05, 0.1) is 7.11 Å². The van der Waals surface area contributed by atoms with E-state index in [4.69, 9.17) is 13.8 Å². The number of ether oxygens (including phenoxy) is 1. The van der Waals surface area contributed by atoms with E-state index in [2.05, 4.69) is 20.6 Å². The number of carbonyl (C=O) groups is 1. The van der Waals surface area contributed by atoms with Crippen LogP contribution in [0.2, 0.25) is 0 Å². The van der Waals surface area contributed by atoms with Crippen molar-refractivity contribution in [3.8, 4) is 5.75 Å². The van der Waals surface area contributed by atoms with E-state index in [-0.39, 0.29) is 5.69 Å². The Morgan fingerprint density at radius 1 is 1.21 bits per heavy atom. The summed E-state index contributed by atoms with van der Waals surface area (Å²) in [6, 6.07) is 8.19. The molecule has 0 radical (unpaired) electrons. The summed E-state index contributed by atoms with van der Waals surface area (Å²) in [4.78, 5) is 16.7. The topological polar surface area (TPSA) is 103 Å². The van der Waals surface area contributed by atoms with Crippen LogP contribution in [0.5, 0.6) is 5.75 Å². The highest BCUT2D eigenvalue weighted by molar-refractivity contribution is 5.92. The molecule has 0 spiro atoms. The summed E-state index contributed by atoms with van der Waals surface area (Å²) in [5.41, 5.74) is 0.877. The van der Waals surface area contributed by atoms with Gasteiger partial charge in [0.2, 0.25) is 5.89 Å². The Morgan fingerprint density at radius 2 is 2.00 bits per heavy atom. The fraction of sp³-hybridized carbons (Fsp3) is 0.250. The summed E-state index contributed by atoms with van der Waals surface area (Å²) in [6.45, 7) is 3.39. The van der Waals surface area contributed by atoms with Crippen LogP contribution in [0.1, 0.15) is 39.6 Å². The van der Waals surface area contributed by atoms with Crippen LogP contribution >= 0.6 is 0 Å². The molecule has 8 heteroatoms. The normalized spacial score (nSPS) is 12.0. The number of aryl methyl sites for hydroxylation is 2. The van der Waals surface area contributed by atoms with Gasteiger partial charge in [0.1, 0.15) is 17.6 Å². The third-order valence-corrected chi connectivity index (χ3v) is 3.39. The van der Waals surface area contributed by atoms with E-state index in [9.17, 15) is 4.79 Å². The molecule has 3 aromatic rings. The third kappa shape index (κ3) is 3.12. The van der Waals surface area contributed by atoms with Gasteiger partial charge in [-0.05, 0) is 13.0 Å². The van der Waals surface area contributed by atoms with Gasteiger partial charge in [-0.2, -0.15) is 4.98 Å². The van der Waals surface area contributed by atoms with Crippen LogP contribution in [-0.2, 0) is 0 Å². The zero-order chi connectivity index (χ0) is 17.1. The predicted octanol–water partition coefficient (Wildman–Crippen LogP) is 2.20. The van der Waals surface area contributed by atoms with Gasteiger partial charge in [0.25, 0.3) is 5.91 Å². The van der Waals surface area contributed by atoms with E-state index >= 15 is 0 Å². The van der Waals surface area contributed by atoms with Crippen molar-refractivity contribution >= 4 is 5.91 Å². The van der Waals surface area contributed by atoms with Gasteiger partial charge < -0.3 is 19.1 Å². The molecule has 0 aliphatic carbocycles. The van der Waals surface area contributed by atoms with Crippen molar-refractivity contribution in [1.82, 2.24) is 20.6 Å². The lowest BCUT2D eigenvalue weighted by Gasteiger charge is -2.17. The van der Waals surface area contributed by atoms with Crippen molar-refractivity contribution in [2.24, 2.45) is 0 Å². The molecule has 2 heterocycles. The number of carbonyl (C=O) groups excluding carboxylic acids is 1. The van der Waals surface area contributed by atoms with Gasteiger partial charge in [-0.1, -0.05) is 28.5 Å². The maximum absolute atomic E-state index is 12.5. The summed E-state index contributed by atoms with van der Waals surface area (Å²) in [5.74, 6) is 1.46. The molecule has 0 saturated carbocycles. The number of nitrogens with zero attached hydrogens (tertiary/aromatic N) is 3. The van der Waals surface area contributed by atoms with E-state index in [0.29, 0.717) is 28.8 Å². The summed E-state index contributed by atoms with van der Waals surface area (Å²) in [5, 5.41) is 10.5. The molecule has 0 aliphatic rings. The van der Waals surface area contributed by atoms with Crippen molar-refractivity contribution in [2.45, 2.75) is 19.9 Å². The molecule has 1 aromatic carbocycles. The minimum absolute atomic E-state index is 0.174. The Balaban J connectivity index is 1.98. The average molecular weight is 328 g/mol. The van der Waals surface area contributed by atoms with Crippen molar-refractivity contribution < 1.29 is 18.6 Å². The highest BCUT2D eigenvalue weighted by Gasteiger charge is 2.26. The maximum Gasteiger partial charge on any atom is 0.274 e. The van der Waals surface area contributed by atoms with Gasteiger partial charge in [-0.15, -0.1) is 0 Å². The minimum atomic E-state index is -0.650. The first-order valence-electron chi connectivity index (χ1n) is 7.26. The Hall–Kier alpha value is -3.16. The highest BCUT2D eigenvalue weighted by Crippen LogP contribution is 2.28. The zero-order valence-electron chi connectivity index (χ0n) is 13.4. The molecule has 0 saturated heterocycles. The molecule has 8 nitrogen and oxygen atoms in total. The van der Waals surface area contributed by atoms with Crippen LogP contribution < -0.4 is 10.1 Å². The van der Waals surface area contributed by atoms with E-state index in [1.165, 1.54) is 0 Å². The number of para-hydroxylation sites is 1. The first-order chi connectivity index (χ1) is 11.6. The Bertz CT molecular complexity index is 855. The SMILES string of the molecule is COc1ccccc1[C@@H](NC(=O)c1cc(C)on1)c1noc(C)n1. The first kappa shape index (κ1) is 15.7. The number of benzene rings is 1.